The summed E-state index contributed by atoms with van der Waals surface area (Å²) in [7, 11) is 0. The third kappa shape index (κ3) is 2.84. The van der Waals surface area contributed by atoms with Crippen LogP contribution >= 0.6 is 0 Å². The van der Waals surface area contributed by atoms with Crippen molar-refractivity contribution in [3.8, 4) is 5.75 Å². The van der Waals surface area contributed by atoms with E-state index >= 15 is 0 Å². The Morgan fingerprint density at radius 1 is 1.14 bits per heavy atom. The van der Waals surface area contributed by atoms with Crippen LogP contribution in [0.5, 0.6) is 5.75 Å². The van der Waals surface area contributed by atoms with Crippen LogP contribution in [-0.4, -0.2) is 24.2 Å². The van der Waals surface area contributed by atoms with Crippen LogP contribution < -0.4 is 9.64 Å². The predicted octanol–water partition coefficient (Wildman–Crippen LogP) is 3.17. The van der Waals surface area contributed by atoms with Gasteiger partial charge in [-0.2, -0.15) is 0 Å². The van der Waals surface area contributed by atoms with Gasteiger partial charge in [-0.15, -0.1) is 0 Å². The second-order valence-corrected chi connectivity index (χ2v) is 5.05. The third-order valence-corrected chi connectivity index (χ3v) is 3.64. The van der Waals surface area contributed by atoms with Crippen LogP contribution in [0, 0.1) is 0 Å². The van der Waals surface area contributed by atoms with E-state index in [9.17, 15) is 9.90 Å². The predicted molar refractivity (Wildman–Crippen MR) is 81.0 cm³/mol. The Labute approximate surface area is 123 Å². The third-order valence-electron chi connectivity index (χ3n) is 3.64. The van der Waals surface area contributed by atoms with E-state index in [1.807, 2.05) is 36.4 Å². The monoisotopic (exact) mass is 283 g/mol. The first-order valence-electron chi connectivity index (χ1n) is 7.03. The Kier molecular flexibility index (Phi) is 3.77. The second kappa shape index (κ2) is 5.87. The molecule has 0 amide bonds. The lowest BCUT2D eigenvalue weighted by molar-refractivity contribution is 0.0695. The van der Waals surface area contributed by atoms with E-state index in [0.29, 0.717) is 18.7 Å². The van der Waals surface area contributed by atoms with Crippen molar-refractivity contribution < 1.29 is 14.6 Å². The van der Waals surface area contributed by atoms with Gasteiger partial charge in [-0.3, -0.25) is 0 Å². The molecule has 0 spiro atoms. The number of hydrogen-bond donors (Lipinski definition) is 1. The molecule has 21 heavy (non-hydrogen) atoms. The number of fused-ring (bicyclic) bond motifs is 1. The molecule has 0 saturated heterocycles. The summed E-state index contributed by atoms with van der Waals surface area (Å²) in [6.07, 6.45) is 0.921. The van der Waals surface area contributed by atoms with E-state index < -0.39 is 5.97 Å². The fourth-order valence-corrected chi connectivity index (χ4v) is 2.64. The Balaban J connectivity index is 1.93. The minimum absolute atomic E-state index is 0.361. The molecule has 0 bridgehead atoms. The van der Waals surface area contributed by atoms with Gasteiger partial charge in [-0.05, 0) is 30.2 Å². The van der Waals surface area contributed by atoms with Crippen molar-refractivity contribution in [2.75, 3.05) is 18.1 Å². The van der Waals surface area contributed by atoms with Crippen LogP contribution in [-0.2, 0) is 6.54 Å². The Bertz CT molecular complexity index is 654. The van der Waals surface area contributed by atoms with Crippen LogP contribution in [0.25, 0.3) is 0 Å². The number of anilines is 1. The summed E-state index contributed by atoms with van der Waals surface area (Å²) in [5.74, 6) is -0.0206. The Morgan fingerprint density at radius 3 is 2.76 bits per heavy atom. The van der Waals surface area contributed by atoms with Crippen molar-refractivity contribution in [2.24, 2.45) is 0 Å². The average Bonchev–Trinajstić information content (AvgIpc) is 2.70. The molecule has 1 aliphatic heterocycles. The fraction of sp³-hybridized carbons (Fsp3) is 0.235. The van der Waals surface area contributed by atoms with Crippen molar-refractivity contribution in [1.82, 2.24) is 0 Å². The molecule has 0 radical (unpaired) electrons. The number of carboxylic acids is 1. The van der Waals surface area contributed by atoms with Crippen molar-refractivity contribution in [2.45, 2.75) is 13.0 Å². The van der Waals surface area contributed by atoms with Gasteiger partial charge < -0.3 is 14.7 Å². The Hall–Kier alpha value is -2.49. The molecule has 0 atom stereocenters. The zero-order valence-electron chi connectivity index (χ0n) is 11.7. The number of para-hydroxylation sites is 2. The summed E-state index contributed by atoms with van der Waals surface area (Å²) >= 11 is 0. The minimum atomic E-state index is -0.884. The van der Waals surface area contributed by atoms with E-state index in [1.165, 1.54) is 0 Å². The fourth-order valence-electron chi connectivity index (χ4n) is 2.64. The number of aromatic carboxylic acids is 1. The highest BCUT2D eigenvalue weighted by atomic mass is 16.5. The standard InChI is InChI=1S/C17H17NO3/c19-17(20)14-7-2-1-6-13(14)12-18-10-5-11-21-16-9-4-3-8-15(16)18/h1-4,6-9H,5,10-12H2,(H,19,20). The zero-order valence-corrected chi connectivity index (χ0v) is 11.7. The molecule has 1 aliphatic rings. The van der Waals surface area contributed by atoms with Crippen molar-refractivity contribution >= 4 is 11.7 Å². The molecule has 4 nitrogen and oxygen atoms in total. The summed E-state index contributed by atoms with van der Waals surface area (Å²) in [4.78, 5) is 13.5. The first kappa shape index (κ1) is 13.5. The Morgan fingerprint density at radius 2 is 1.90 bits per heavy atom. The summed E-state index contributed by atoms with van der Waals surface area (Å²) in [5, 5.41) is 9.30. The van der Waals surface area contributed by atoms with Gasteiger partial charge in [0.25, 0.3) is 0 Å². The SMILES string of the molecule is O=C(O)c1ccccc1CN1CCCOc2ccccc21. The summed E-state index contributed by atoms with van der Waals surface area (Å²) in [5.41, 5.74) is 2.21. The van der Waals surface area contributed by atoms with Crippen molar-refractivity contribution in [1.29, 1.82) is 0 Å². The molecule has 0 aromatic heterocycles. The normalized spacial score (nSPS) is 14.0. The number of rotatable bonds is 3. The van der Waals surface area contributed by atoms with Crippen LogP contribution in [0.2, 0.25) is 0 Å². The molecule has 1 heterocycles. The van der Waals surface area contributed by atoms with Gasteiger partial charge >= 0.3 is 5.97 Å². The van der Waals surface area contributed by atoms with Gasteiger partial charge in [0.05, 0.1) is 17.9 Å². The molecule has 4 heteroatoms. The van der Waals surface area contributed by atoms with Crippen LogP contribution in [0.4, 0.5) is 5.69 Å². The first-order chi connectivity index (χ1) is 10.3. The van der Waals surface area contributed by atoms with Crippen LogP contribution in [0.1, 0.15) is 22.3 Å². The molecule has 2 aromatic carbocycles. The molecule has 108 valence electrons. The number of hydrogen-bond acceptors (Lipinski definition) is 3. The van der Waals surface area contributed by atoms with E-state index in [1.54, 1.807) is 12.1 Å². The van der Waals surface area contributed by atoms with E-state index in [-0.39, 0.29) is 0 Å². The quantitative estimate of drug-likeness (QED) is 0.940. The first-order valence-corrected chi connectivity index (χ1v) is 7.03. The van der Waals surface area contributed by atoms with E-state index in [2.05, 4.69) is 4.90 Å². The zero-order chi connectivity index (χ0) is 14.7. The summed E-state index contributed by atoms with van der Waals surface area (Å²) < 4.78 is 5.74. The van der Waals surface area contributed by atoms with E-state index in [4.69, 9.17) is 4.74 Å². The molecule has 0 unspecified atom stereocenters. The van der Waals surface area contributed by atoms with Gasteiger partial charge in [-0.1, -0.05) is 30.3 Å². The number of carbonyl (C=O) groups is 1. The minimum Gasteiger partial charge on any atom is -0.491 e. The molecule has 1 N–H and O–H groups in total. The molecule has 2 aromatic rings. The van der Waals surface area contributed by atoms with E-state index in [0.717, 1.165) is 30.0 Å². The van der Waals surface area contributed by atoms with Gasteiger partial charge in [0.1, 0.15) is 5.75 Å². The summed E-state index contributed by atoms with van der Waals surface area (Å²) in [6, 6.07) is 15.1. The maximum Gasteiger partial charge on any atom is 0.336 e. The highest BCUT2D eigenvalue weighted by molar-refractivity contribution is 5.89. The smallest absolute Gasteiger partial charge is 0.336 e. The van der Waals surface area contributed by atoms with Gasteiger partial charge in [0.2, 0.25) is 0 Å². The van der Waals surface area contributed by atoms with Gasteiger partial charge in [0, 0.05) is 13.1 Å². The molecule has 0 saturated carbocycles. The topological polar surface area (TPSA) is 49.8 Å². The van der Waals surface area contributed by atoms with Crippen molar-refractivity contribution in [3.05, 3.63) is 59.7 Å². The maximum absolute atomic E-state index is 11.3. The number of nitrogens with zero attached hydrogens (tertiary/aromatic N) is 1. The van der Waals surface area contributed by atoms with Gasteiger partial charge in [0.15, 0.2) is 0 Å². The highest BCUT2D eigenvalue weighted by Gasteiger charge is 2.18. The van der Waals surface area contributed by atoms with Crippen LogP contribution in [0.3, 0.4) is 0 Å². The largest absolute Gasteiger partial charge is 0.491 e. The summed E-state index contributed by atoms with van der Waals surface area (Å²) in [6.45, 7) is 2.11. The number of benzene rings is 2. The van der Waals surface area contributed by atoms with Gasteiger partial charge in [-0.25, -0.2) is 4.79 Å². The molecular formula is C17H17NO3. The number of carboxylic acid groups (broad SMARTS) is 1. The van der Waals surface area contributed by atoms with Crippen LogP contribution in [0.15, 0.2) is 48.5 Å². The number of ether oxygens (including phenoxy) is 1. The lowest BCUT2D eigenvalue weighted by Crippen LogP contribution is -2.24. The molecule has 3 rings (SSSR count). The lowest BCUT2D eigenvalue weighted by atomic mass is 10.1. The molecule has 0 fully saturated rings. The lowest BCUT2D eigenvalue weighted by Gasteiger charge is -2.24. The average molecular weight is 283 g/mol. The van der Waals surface area contributed by atoms with Crippen molar-refractivity contribution in [3.63, 3.8) is 0 Å². The maximum atomic E-state index is 11.3. The second-order valence-electron chi connectivity index (χ2n) is 5.05. The highest BCUT2D eigenvalue weighted by Crippen LogP contribution is 2.31. The molecular weight excluding hydrogens is 266 g/mol. The molecule has 0 aliphatic carbocycles.